The third kappa shape index (κ3) is 3.83. The van der Waals surface area contributed by atoms with E-state index < -0.39 is 0 Å². The van der Waals surface area contributed by atoms with E-state index in [1.807, 2.05) is 11.0 Å². The van der Waals surface area contributed by atoms with Crippen LogP contribution in [0.15, 0.2) is 54.9 Å². The summed E-state index contributed by atoms with van der Waals surface area (Å²) >= 11 is 0. The van der Waals surface area contributed by atoms with E-state index in [4.69, 9.17) is 0 Å². The fraction of sp³-hybridized carbons (Fsp3) is 0.294. The largest absolute Gasteiger partial charge is 0.322 e. The lowest BCUT2D eigenvalue weighted by molar-refractivity contribution is 0.143. The first-order valence-corrected chi connectivity index (χ1v) is 7.53. The predicted octanol–water partition coefficient (Wildman–Crippen LogP) is 2.43. The molecule has 0 unspecified atom stereocenters. The van der Waals surface area contributed by atoms with Crippen molar-refractivity contribution in [3.05, 3.63) is 60.4 Å². The summed E-state index contributed by atoms with van der Waals surface area (Å²) in [5.41, 5.74) is 2.10. The molecule has 1 aromatic heterocycles. The molecule has 2 amide bonds. The number of benzene rings is 1. The van der Waals surface area contributed by atoms with Gasteiger partial charge in [0, 0.05) is 50.8 Å². The van der Waals surface area contributed by atoms with Crippen molar-refractivity contribution in [3.8, 4) is 0 Å². The topological polar surface area (TPSA) is 48.5 Å². The van der Waals surface area contributed by atoms with Crippen LogP contribution in [0.3, 0.4) is 0 Å². The number of amides is 2. The Morgan fingerprint density at radius 2 is 1.68 bits per heavy atom. The SMILES string of the molecule is O=C(Nc1ccncc1)N1CCN(Cc2ccccc2)CC1. The Hall–Kier alpha value is -2.40. The number of urea groups is 1. The van der Waals surface area contributed by atoms with Gasteiger partial charge in [-0.15, -0.1) is 0 Å². The van der Waals surface area contributed by atoms with Gasteiger partial charge in [-0.1, -0.05) is 30.3 Å². The summed E-state index contributed by atoms with van der Waals surface area (Å²) < 4.78 is 0. The van der Waals surface area contributed by atoms with Gasteiger partial charge in [0.05, 0.1) is 0 Å². The van der Waals surface area contributed by atoms with Gasteiger partial charge in [0.25, 0.3) is 0 Å². The number of rotatable bonds is 3. The number of anilines is 1. The van der Waals surface area contributed by atoms with Crippen LogP contribution in [0.1, 0.15) is 5.56 Å². The highest BCUT2D eigenvalue weighted by Gasteiger charge is 2.21. The Bertz CT molecular complexity index is 595. The van der Waals surface area contributed by atoms with Crippen molar-refractivity contribution in [3.63, 3.8) is 0 Å². The Labute approximate surface area is 130 Å². The van der Waals surface area contributed by atoms with Crippen molar-refractivity contribution in [1.29, 1.82) is 0 Å². The minimum absolute atomic E-state index is 0.0365. The Morgan fingerprint density at radius 1 is 1.00 bits per heavy atom. The van der Waals surface area contributed by atoms with Crippen LogP contribution in [0, 0.1) is 0 Å². The lowest BCUT2D eigenvalue weighted by Gasteiger charge is -2.34. The zero-order valence-electron chi connectivity index (χ0n) is 12.5. The predicted molar refractivity (Wildman–Crippen MR) is 86.5 cm³/mol. The summed E-state index contributed by atoms with van der Waals surface area (Å²) in [5, 5.41) is 2.90. The van der Waals surface area contributed by atoms with Gasteiger partial charge in [-0.25, -0.2) is 4.79 Å². The summed E-state index contributed by atoms with van der Waals surface area (Å²) in [6.45, 7) is 4.26. The van der Waals surface area contributed by atoms with E-state index >= 15 is 0 Å². The summed E-state index contributed by atoms with van der Waals surface area (Å²) in [4.78, 5) is 20.4. The van der Waals surface area contributed by atoms with Gasteiger partial charge in [-0.3, -0.25) is 9.88 Å². The Kier molecular flexibility index (Phi) is 4.65. The Morgan fingerprint density at radius 3 is 2.36 bits per heavy atom. The fourth-order valence-electron chi connectivity index (χ4n) is 2.59. The normalized spacial score (nSPS) is 15.5. The smallest absolute Gasteiger partial charge is 0.321 e. The maximum Gasteiger partial charge on any atom is 0.321 e. The zero-order chi connectivity index (χ0) is 15.2. The van der Waals surface area contributed by atoms with Crippen LogP contribution in [-0.2, 0) is 6.54 Å². The van der Waals surface area contributed by atoms with Crippen LogP contribution in [0.5, 0.6) is 0 Å². The van der Waals surface area contributed by atoms with Crippen molar-refractivity contribution in [2.75, 3.05) is 31.5 Å². The number of pyridine rings is 1. The molecular weight excluding hydrogens is 276 g/mol. The van der Waals surface area contributed by atoms with E-state index in [0.29, 0.717) is 0 Å². The summed E-state index contributed by atoms with van der Waals surface area (Å²) in [6.07, 6.45) is 3.35. The third-order valence-electron chi connectivity index (χ3n) is 3.84. The molecule has 1 N–H and O–H groups in total. The molecule has 0 atom stereocenters. The maximum absolute atomic E-state index is 12.2. The minimum Gasteiger partial charge on any atom is -0.322 e. The molecule has 3 rings (SSSR count). The second-order valence-electron chi connectivity index (χ2n) is 5.41. The van der Waals surface area contributed by atoms with Gasteiger partial charge in [0.15, 0.2) is 0 Å². The lowest BCUT2D eigenvalue weighted by Crippen LogP contribution is -2.49. The molecule has 0 radical (unpaired) electrons. The number of hydrogen-bond donors (Lipinski definition) is 1. The van der Waals surface area contributed by atoms with E-state index in [1.165, 1.54) is 5.56 Å². The van der Waals surface area contributed by atoms with Crippen molar-refractivity contribution in [1.82, 2.24) is 14.8 Å². The number of piperazine rings is 1. The molecule has 1 aliphatic rings. The fourth-order valence-corrected chi connectivity index (χ4v) is 2.59. The molecular formula is C17H20N4O. The van der Waals surface area contributed by atoms with Gasteiger partial charge in [0.1, 0.15) is 0 Å². The molecule has 0 spiro atoms. The average Bonchev–Trinajstić information content (AvgIpc) is 2.57. The molecule has 2 heterocycles. The number of aromatic nitrogens is 1. The minimum atomic E-state index is -0.0365. The van der Waals surface area contributed by atoms with E-state index in [0.717, 1.165) is 38.4 Å². The van der Waals surface area contributed by atoms with Crippen LogP contribution in [0.2, 0.25) is 0 Å². The molecule has 2 aromatic rings. The molecule has 1 fully saturated rings. The molecule has 1 aromatic carbocycles. The van der Waals surface area contributed by atoms with E-state index in [2.05, 4.69) is 39.5 Å². The molecule has 0 saturated carbocycles. The molecule has 114 valence electrons. The molecule has 0 aliphatic carbocycles. The quantitative estimate of drug-likeness (QED) is 0.946. The first-order chi connectivity index (χ1) is 10.8. The standard InChI is InChI=1S/C17H20N4O/c22-17(19-16-6-8-18-9-7-16)21-12-10-20(11-13-21)14-15-4-2-1-3-5-15/h1-9H,10-14H2,(H,18,19,22). The molecule has 5 nitrogen and oxygen atoms in total. The monoisotopic (exact) mass is 296 g/mol. The van der Waals surface area contributed by atoms with Crippen molar-refractivity contribution in [2.24, 2.45) is 0 Å². The van der Waals surface area contributed by atoms with Gasteiger partial charge in [0.2, 0.25) is 0 Å². The third-order valence-corrected chi connectivity index (χ3v) is 3.84. The van der Waals surface area contributed by atoms with Crippen LogP contribution >= 0.6 is 0 Å². The molecule has 1 aliphatic heterocycles. The number of nitrogens with zero attached hydrogens (tertiary/aromatic N) is 3. The van der Waals surface area contributed by atoms with Gasteiger partial charge in [-0.05, 0) is 17.7 Å². The molecule has 1 saturated heterocycles. The summed E-state index contributed by atoms with van der Waals surface area (Å²) in [7, 11) is 0. The lowest BCUT2D eigenvalue weighted by atomic mass is 10.2. The first kappa shape index (κ1) is 14.5. The van der Waals surface area contributed by atoms with E-state index in [1.54, 1.807) is 24.5 Å². The van der Waals surface area contributed by atoms with E-state index in [9.17, 15) is 4.79 Å². The number of carbonyl (C=O) groups is 1. The van der Waals surface area contributed by atoms with Crippen molar-refractivity contribution >= 4 is 11.7 Å². The summed E-state index contributed by atoms with van der Waals surface area (Å²) in [5.74, 6) is 0. The van der Waals surface area contributed by atoms with Crippen molar-refractivity contribution < 1.29 is 4.79 Å². The second kappa shape index (κ2) is 7.04. The van der Waals surface area contributed by atoms with Crippen LogP contribution in [0.4, 0.5) is 10.5 Å². The first-order valence-electron chi connectivity index (χ1n) is 7.53. The molecule has 0 bridgehead atoms. The highest BCUT2D eigenvalue weighted by atomic mass is 16.2. The highest BCUT2D eigenvalue weighted by molar-refractivity contribution is 5.89. The highest BCUT2D eigenvalue weighted by Crippen LogP contribution is 2.10. The zero-order valence-corrected chi connectivity index (χ0v) is 12.5. The van der Waals surface area contributed by atoms with Crippen LogP contribution < -0.4 is 5.32 Å². The second-order valence-corrected chi connectivity index (χ2v) is 5.41. The summed E-state index contributed by atoms with van der Waals surface area (Å²) in [6, 6.07) is 14.0. The van der Waals surface area contributed by atoms with Gasteiger partial charge >= 0.3 is 6.03 Å². The van der Waals surface area contributed by atoms with Crippen LogP contribution in [0.25, 0.3) is 0 Å². The van der Waals surface area contributed by atoms with Gasteiger partial charge in [-0.2, -0.15) is 0 Å². The van der Waals surface area contributed by atoms with Crippen LogP contribution in [-0.4, -0.2) is 47.0 Å². The maximum atomic E-state index is 12.2. The molecule has 22 heavy (non-hydrogen) atoms. The average molecular weight is 296 g/mol. The Balaban J connectivity index is 1.48. The van der Waals surface area contributed by atoms with E-state index in [-0.39, 0.29) is 6.03 Å². The molecule has 5 heteroatoms. The number of nitrogens with one attached hydrogen (secondary N) is 1. The van der Waals surface area contributed by atoms with Gasteiger partial charge < -0.3 is 10.2 Å². The number of carbonyl (C=O) groups excluding carboxylic acids is 1. The van der Waals surface area contributed by atoms with Crippen molar-refractivity contribution in [2.45, 2.75) is 6.54 Å². The number of hydrogen-bond acceptors (Lipinski definition) is 3.